The van der Waals surface area contributed by atoms with Crippen molar-refractivity contribution in [3.63, 3.8) is 0 Å². The molecule has 47 heavy (non-hydrogen) atoms. The van der Waals surface area contributed by atoms with Crippen molar-refractivity contribution in [2.45, 2.75) is 64.2 Å². The third kappa shape index (κ3) is 6.87. The van der Waals surface area contributed by atoms with E-state index in [1.807, 2.05) is 0 Å². The van der Waals surface area contributed by atoms with Crippen LogP contribution in [0.1, 0.15) is 58.6 Å². The molecule has 13 nitrogen and oxygen atoms in total. The van der Waals surface area contributed by atoms with E-state index in [1.54, 1.807) is 38.7 Å². The van der Waals surface area contributed by atoms with Gasteiger partial charge in [0.15, 0.2) is 23.1 Å². The molecule has 2 aliphatic heterocycles. The first-order valence-corrected chi connectivity index (χ1v) is 16.5. The topological polar surface area (TPSA) is 156 Å². The van der Waals surface area contributed by atoms with Gasteiger partial charge in [0.05, 0.1) is 35.8 Å². The third-order valence-corrected chi connectivity index (χ3v) is 9.85. The zero-order valence-corrected chi connectivity index (χ0v) is 27.5. The molecule has 0 bridgehead atoms. The van der Waals surface area contributed by atoms with Crippen LogP contribution in [0.15, 0.2) is 35.4 Å². The van der Waals surface area contributed by atoms with E-state index >= 15 is 4.39 Å². The van der Waals surface area contributed by atoms with E-state index in [0.29, 0.717) is 32.4 Å². The fourth-order valence-electron chi connectivity index (χ4n) is 5.62. The minimum absolute atomic E-state index is 0.0282. The van der Waals surface area contributed by atoms with Crippen LogP contribution in [0.5, 0.6) is 11.5 Å². The Morgan fingerprint density at radius 3 is 2.57 bits per heavy atom. The molecule has 5 rings (SSSR count). The van der Waals surface area contributed by atoms with Crippen LogP contribution >= 0.6 is 0 Å². The molecule has 3 aromatic rings. The number of benzene rings is 2. The summed E-state index contributed by atoms with van der Waals surface area (Å²) in [6.07, 6.45) is 2.42. The molecule has 16 heteroatoms. The van der Waals surface area contributed by atoms with Gasteiger partial charge in [0.1, 0.15) is 22.6 Å². The molecule has 2 aliphatic rings. The van der Waals surface area contributed by atoms with Gasteiger partial charge in [0.25, 0.3) is 5.56 Å². The summed E-state index contributed by atoms with van der Waals surface area (Å²) in [5.74, 6) is -3.47. The first kappa shape index (κ1) is 34.0. The molecule has 0 saturated carbocycles. The van der Waals surface area contributed by atoms with Crippen LogP contribution in [0.3, 0.4) is 0 Å². The number of nitrogens with zero attached hydrogens (tertiary/aromatic N) is 5. The lowest BCUT2D eigenvalue weighted by Gasteiger charge is -2.39. The summed E-state index contributed by atoms with van der Waals surface area (Å²) in [5, 5.41) is 9.38. The average Bonchev–Trinajstić information content (AvgIpc) is 3.41. The summed E-state index contributed by atoms with van der Waals surface area (Å²) in [6, 6.07) is 5.64. The number of halogens is 2. The molecule has 1 spiro atoms. The number of hydrogen-bond donors (Lipinski definition) is 1. The third-order valence-electron chi connectivity index (χ3n) is 8.29. The number of rotatable bonds is 7. The Morgan fingerprint density at radius 1 is 1.23 bits per heavy atom. The Balaban J connectivity index is 1.40. The monoisotopic (exact) mass is 674 g/mol. The zero-order valence-electron chi connectivity index (χ0n) is 26.7. The second-order valence-electron chi connectivity index (χ2n) is 12.6. The Bertz CT molecular complexity index is 1910. The van der Waals surface area contributed by atoms with E-state index in [9.17, 15) is 27.7 Å². The van der Waals surface area contributed by atoms with E-state index in [1.165, 1.54) is 24.0 Å². The number of likely N-dealkylation sites (tertiary alicyclic amines) is 1. The molecule has 1 aromatic heterocycles. The second-order valence-corrected chi connectivity index (χ2v) is 14.4. The molecule has 0 radical (unpaired) electrons. The molecule has 1 atom stereocenters. The lowest BCUT2D eigenvalue weighted by atomic mass is 9.87. The normalized spacial score (nSPS) is 18.0. The number of nitrogens with one attached hydrogen (secondary N) is 1. The van der Waals surface area contributed by atoms with Gasteiger partial charge < -0.3 is 19.1 Å². The summed E-state index contributed by atoms with van der Waals surface area (Å²) in [6.45, 7) is 8.13. The first-order valence-electron chi connectivity index (χ1n) is 15.0. The Morgan fingerprint density at radius 2 is 1.94 bits per heavy atom. The minimum atomic E-state index is -4.08. The van der Waals surface area contributed by atoms with Crippen molar-refractivity contribution in [1.82, 2.24) is 18.8 Å². The fraction of sp³-hybridized carbons (Fsp3) is 0.484. The highest BCUT2D eigenvalue weighted by Crippen LogP contribution is 2.41. The number of ether oxygens (including phenoxy) is 3. The van der Waals surface area contributed by atoms with Crippen molar-refractivity contribution in [2.24, 2.45) is 0 Å². The number of carbonyl (C=O) groups excluding carboxylic acids is 1. The Kier molecular flexibility index (Phi) is 9.19. The average molecular weight is 675 g/mol. The summed E-state index contributed by atoms with van der Waals surface area (Å²) in [4.78, 5) is 32.1. The Hall–Kier alpha value is -4.33. The number of hydrogen-bond acceptors (Lipinski definition) is 9. The maximum atomic E-state index is 16.0. The van der Waals surface area contributed by atoms with Gasteiger partial charge in [-0.1, -0.05) is 6.92 Å². The van der Waals surface area contributed by atoms with Gasteiger partial charge in [-0.2, -0.15) is 18.0 Å². The molecule has 0 aliphatic carbocycles. The molecule has 2 aromatic carbocycles. The number of nitriles is 1. The maximum Gasteiger partial charge on any atom is 0.410 e. The molecule has 3 heterocycles. The molecule has 1 N–H and O–H groups in total. The fourth-order valence-corrected chi connectivity index (χ4v) is 6.57. The summed E-state index contributed by atoms with van der Waals surface area (Å²) >= 11 is 0. The molecule has 2 fully saturated rings. The van der Waals surface area contributed by atoms with Crippen LogP contribution in [0, 0.1) is 23.0 Å². The quantitative estimate of drug-likeness (QED) is 0.376. The van der Waals surface area contributed by atoms with E-state index in [-0.39, 0.29) is 24.4 Å². The molecule has 1 amide bonds. The highest BCUT2D eigenvalue weighted by atomic mass is 32.2. The number of aromatic nitrogens is 2. The first-order chi connectivity index (χ1) is 22.1. The van der Waals surface area contributed by atoms with Crippen molar-refractivity contribution >= 4 is 32.9 Å². The molecular formula is C31H36F2N6O7S. The number of carbonyl (C=O) groups is 1. The molecule has 2 saturated heterocycles. The predicted octanol–water partition coefficient (Wildman–Crippen LogP) is 4.68. The second kappa shape index (κ2) is 12.7. The van der Waals surface area contributed by atoms with Gasteiger partial charge in [-0.3, -0.25) is 14.1 Å². The van der Waals surface area contributed by atoms with Crippen LogP contribution in [0.25, 0.3) is 10.9 Å². The minimum Gasteiger partial charge on any atom is -0.450 e. The van der Waals surface area contributed by atoms with Crippen molar-refractivity contribution in [2.75, 3.05) is 38.0 Å². The van der Waals surface area contributed by atoms with Crippen LogP contribution in [-0.2, 0) is 19.7 Å². The van der Waals surface area contributed by atoms with Crippen molar-refractivity contribution in [1.29, 1.82) is 5.26 Å². The van der Waals surface area contributed by atoms with Crippen LogP contribution in [-0.4, -0.2) is 77.8 Å². The van der Waals surface area contributed by atoms with Crippen molar-refractivity contribution in [3.8, 4) is 17.6 Å². The Labute approximate surface area is 270 Å². The van der Waals surface area contributed by atoms with Gasteiger partial charge >= 0.3 is 16.3 Å². The van der Waals surface area contributed by atoms with E-state index < -0.39 is 73.2 Å². The van der Waals surface area contributed by atoms with E-state index in [0.717, 1.165) is 22.5 Å². The van der Waals surface area contributed by atoms with E-state index in [2.05, 4.69) is 9.71 Å². The van der Waals surface area contributed by atoms with Crippen molar-refractivity contribution in [3.05, 3.63) is 58.1 Å². The van der Waals surface area contributed by atoms with Gasteiger partial charge in [-0.05, 0) is 64.3 Å². The van der Waals surface area contributed by atoms with Crippen LogP contribution in [0.4, 0.5) is 19.3 Å². The molecule has 252 valence electrons. The molecule has 1 unspecified atom stereocenters. The van der Waals surface area contributed by atoms with Gasteiger partial charge in [0, 0.05) is 26.7 Å². The smallest absolute Gasteiger partial charge is 0.410 e. The predicted molar refractivity (Wildman–Crippen MR) is 167 cm³/mol. The summed E-state index contributed by atoms with van der Waals surface area (Å²) in [7, 11) is -2.77. The summed E-state index contributed by atoms with van der Waals surface area (Å²) in [5.41, 5.74) is -2.67. The highest BCUT2D eigenvalue weighted by molar-refractivity contribution is 7.90. The number of anilines is 1. The van der Waals surface area contributed by atoms with Crippen LogP contribution in [0.2, 0.25) is 0 Å². The number of fused-ring (bicyclic) bond motifs is 1. The van der Waals surface area contributed by atoms with Gasteiger partial charge in [-0.15, -0.1) is 0 Å². The number of amides is 1. The SMILES string of the molecule is CCN(C)S(=O)(=O)Nc1ccc(F)c(Oc2ccc3ncn(C4COC5(CCN(C(=O)OC(C)(C)C)CC5)C4)c(=O)c3c2F)c1C#N. The summed E-state index contributed by atoms with van der Waals surface area (Å²) < 4.78 is 77.7. The lowest BCUT2D eigenvalue weighted by Crippen LogP contribution is -2.48. The molecular weight excluding hydrogens is 638 g/mol. The standard InChI is InChI=1S/C31H36F2N6O7S/c1-6-37(5)47(42,43)36-22-8-7-21(32)27(20(22)16-34)45-24-10-9-23-25(26(24)33)28(40)39(18-35-23)19-15-31(44-17-19)11-13-38(14-12-31)29(41)46-30(2,3)4/h7-10,18-19,36H,6,11-15,17H2,1-5H3. The maximum absolute atomic E-state index is 16.0. The van der Waals surface area contributed by atoms with Gasteiger partial charge in [-0.25, -0.2) is 18.6 Å². The largest absolute Gasteiger partial charge is 0.450 e. The number of piperidine rings is 1. The van der Waals surface area contributed by atoms with E-state index in [4.69, 9.17) is 14.2 Å². The van der Waals surface area contributed by atoms with Crippen LogP contribution < -0.4 is 15.0 Å². The zero-order chi connectivity index (χ0) is 34.3. The highest BCUT2D eigenvalue weighted by Gasteiger charge is 2.45. The van der Waals surface area contributed by atoms with Crippen molar-refractivity contribution < 1.29 is 36.2 Å². The lowest BCUT2D eigenvalue weighted by molar-refractivity contribution is -0.0486. The van der Waals surface area contributed by atoms with Gasteiger partial charge in [0.2, 0.25) is 0 Å².